The molecule has 0 saturated carbocycles. The van der Waals surface area contributed by atoms with Gasteiger partial charge in [0.05, 0.1) is 18.0 Å². The molecule has 1 N–H and O–H groups in total. The van der Waals surface area contributed by atoms with Crippen LogP contribution in [0, 0.1) is 3.70 Å². The van der Waals surface area contributed by atoms with Crippen LogP contribution < -0.4 is 10.1 Å². The fourth-order valence-electron chi connectivity index (χ4n) is 2.22. The van der Waals surface area contributed by atoms with E-state index in [1.165, 1.54) is 5.56 Å². The zero-order chi connectivity index (χ0) is 14.8. The lowest BCUT2D eigenvalue weighted by Crippen LogP contribution is -2.02. The molecule has 0 radical (unpaired) electrons. The summed E-state index contributed by atoms with van der Waals surface area (Å²) in [6, 6.07) is 9.97. The van der Waals surface area contributed by atoms with Crippen molar-refractivity contribution in [1.82, 2.24) is 14.8 Å². The highest BCUT2D eigenvalue weighted by atomic mass is 127. The van der Waals surface area contributed by atoms with E-state index in [1.807, 2.05) is 42.1 Å². The lowest BCUT2D eigenvalue weighted by atomic mass is 10.2. The van der Waals surface area contributed by atoms with Crippen molar-refractivity contribution in [2.24, 2.45) is 7.05 Å². The van der Waals surface area contributed by atoms with E-state index in [0.29, 0.717) is 6.54 Å². The van der Waals surface area contributed by atoms with Gasteiger partial charge in [0, 0.05) is 19.8 Å². The molecule has 3 aromatic rings. The first-order valence-electron chi connectivity index (χ1n) is 6.53. The zero-order valence-electron chi connectivity index (χ0n) is 11.8. The van der Waals surface area contributed by atoms with E-state index in [9.17, 15) is 0 Å². The normalized spacial score (nSPS) is 10.8. The molecule has 0 bridgehead atoms. The lowest BCUT2D eigenvalue weighted by Gasteiger charge is -2.08. The van der Waals surface area contributed by atoms with Gasteiger partial charge in [-0.25, -0.2) is 4.98 Å². The minimum absolute atomic E-state index is 0.709. The summed E-state index contributed by atoms with van der Waals surface area (Å²) in [7, 11) is 3.61. The van der Waals surface area contributed by atoms with Gasteiger partial charge >= 0.3 is 0 Å². The molecule has 0 unspecified atom stereocenters. The topological polar surface area (TPSA) is 52.0 Å². The quantitative estimate of drug-likeness (QED) is 0.691. The number of pyridine rings is 1. The second-order valence-electron chi connectivity index (χ2n) is 4.67. The van der Waals surface area contributed by atoms with Crippen LogP contribution in [0.5, 0.6) is 5.75 Å². The summed E-state index contributed by atoms with van der Waals surface area (Å²) in [5.41, 5.74) is 2.25. The number of nitrogens with zero attached hydrogens (tertiary/aromatic N) is 3. The Bertz CT molecular complexity index is 767. The molecular formula is C15H15IN4O. The number of halogens is 1. The third-order valence-electron chi connectivity index (χ3n) is 3.34. The van der Waals surface area contributed by atoms with Gasteiger partial charge < -0.3 is 10.1 Å². The molecule has 0 fully saturated rings. The number of hydrogen-bond donors (Lipinski definition) is 1. The molecule has 0 spiro atoms. The Kier molecular flexibility index (Phi) is 3.96. The Labute approximate surface area is 136 Å². The highest BCUT2D eigenvalue weighted by Gasteiger charge is 2.11. The fraction of sp³-hybridized carbons (Fsp3) is 0.200. The Morgan fingerprint density at radius 3 is 2.71 bits per heavy atom. The molecule has 0 aliphatic heterocycles. The average Bonchev–Trinajstić information content (AvgIpc) is 2.81. The predicted molar refractivity (Wildman–Crippen MR) is 91.5 cm³/mol. The molecule has 1 aromatic carbocycles. The van der Waals surface area contributed by atoms with Crippen molar-refractivity contribution in [2.45, 2.75) is 6.54 Å². The van der Waals surface area contributed by atoms with E-state index >= 15 is 0 Å². The number of nitrogens with one attached hydrogen (secondary N) is 1. The number of aromatic nitrogens is 3. The van der Waals surface area contributed by atoms with Gasteiger partial charge in [-0.3, -0.25) is 4.68 Å². The number of rotatable bonds is 4. The van der Waals surface area contributed by atoms with Crippen molar-refractivity contribution < 1.29 is 4.74 Å². The first-order valence-corrected chi connectivity index (χ1v) is 7.61. The Morgan fingerprint density at radius 1 is 1.24 bits per heavy atom. The maximum atomic E-state index is 5.16. The molecule has 2 aromatic heterocycles. The van der Waals surface area contributed by atoms with Crippen LogP contribution in [0.4, 0.5) is 5.82 Å². The van der Waals surface area contributed by atoms with Crippen molar-refractivity contribution in [3.05, 3.63) is 45.8 Å². The SMILES string of the molecule is COc1ccc(CNc2nccc3c2c(I)nn3C)cc1. The number of ether oxygens (including phenoxy) is 1. The number of benzene rings is 1. The largest absolute Gasteiger partial charge is 0.497 e. The first-order chi connectivity index (χ1) is 10.2. The third kappa shape index (κ3) is 2.80. The highest BCUT2D eigenvalue weighted by molar-refractivity contribution is 14.1. The van der Waals surface area contributed by atoms with Gasteiger partial charge in [-0.1, -0.05) is 12.1 Å². The molecule has 0 saturated heterocycles. The van der Waals surface area contributed by atoms with Gasteiger partial charge in [-0.2, -0.15) is 5.10 Å². The monoisotopic (exact) mass is 394 g/mol. The molecule has 3 rings (SSSR count). The summed E-state index contributed by atoms with van der Waals surface area (Å²) >= 11 is 2.24. The number of hydrogen-bond acceptors (Lipinski definition) is 4. The Balaban J connectivity index is 1.84. The first kappa shape index (κ1) is 14.1. The van der Waals surface area contributed by atoms with E-state index in [4.69, 9.17) is 4.74 Å². The predicted octanol–water partition coefficient (Wildman–Crippen LogP) is 3.19. The maximum Gasteiger partial charge on any atom is 0.138 e. The summed E-state index contributed by atoms with van der Waals surface area (Å²) < 4.78 is 7.99. The molecule has 2 heterocycles. The lowest BCUT2D eigenvalue weighted by molar-refractivity contribution is 0.414. The van der Waals surface area contributed by atoms with Gasteiger partial charge in [0.25, 0.3) is 0 Å². The second kappa shape index (κ2) is 5.88. The summed E-state index contributed by atoms with van der Waals surface area (Å²) in [6.45, 7) is 0.709. The van der Waals surface area contributed by atoms with Crippen LogP contribution in [0.2, 0.25) is 0 Å². The fourth-order valence-corrected chi connectivity index (χ4v) is 3.08. The summed E-state index contributed by atoms with van der Waals surface area (Å²) in [5, 5.41) is 8.88. The number of methoxy groups -OCH3 is 1. The van der Waals surface area contributed by atoms with E-state index in [0.717, 1.165) is 26.2 Å². The van der Waals surface area contributed by atoms with Crippen LogP contribution in [0.3, 0.4) is 0 Å². The minimum Gasteiger partial charge on any atom is -0.497 e. The van der Waals surface area contributed by atoms with Gasteiger partial charge in [-0.15, -0.1) is 0 Å². The average molecular weight is 394 g/mol. The summed E-state index contributed by atoms with van der Waals surface area (Å²) in [4.78, 5) is 4.44. The van der Waals surface area contributed by atoms with Crippen molar-refractivity contribution >= 4 is 39.3 Å². The molecule has 6 heteroatoms. The molecule has 0 aliphatic rings. The van der Waals surface area contributed by atoms with Gasteiger partial charge in [-0.05, 0) is 46.4 Å². The van der Waals surface area contributed by atoms with E-state index in [-0.39, 0.29) is 0 Å². The molecule has 21 heavy (non-hydrogen) atoms. The van der Waals surface area contributed by atoms with Crippen molar-refractivity contribution in [1.29, 1.82) is 0 Å². The van der Waals surface area contributed by atoms with Gasteiger partial charge in [0.1, 0.15) is 15.3 Å². The number of anilines is 1. The molecule has 108 valence electrons. The third-order valence-corrected chi connectivity index (χ3v) is 4.10. The molecule has 5 nitrogen and oxygen atoms in total. The molecular weight excluding hydrogens is 379 g/mol. The Morgan fingerprint density at radius 2 is 2.00 bits per heavy atom. The molecule has 0 aliphatic carbocycles. The van der Waals surface area contributed by atoms with Crippen molar-refractivity contribution in [3.8, 4) is 5.75 Å². The van der Waals surface area contributed by atoms with Crippen LogP contribution in [-0.2, 0) is 13.6 Å². The second-order valence-corrected chi connectivity index (χ2v) is 5.69. The minimum atomic E-state index is 0.709. The zero-order valence-corrected chi connectivity index (χ0v) is 14.0. The van der Waals surface area contributed by atoms with Gasteiger partial charge in [0.15, 0.2) is 0 Å². The van der Waals surface area contributed by atoms with E-state index in [1.54, 1.807) is 13.3 Å². The summed E-state index contributed by atoms with van der Waals surface area (Å²) in [6.07, 6.45) is 1.80. The van der Waals surface area contributed by atoms with Crippen LogP contribution in [0.1, 0.15) is 5.56 Å². The van der Waals surface area contributed by atoms with Crippen molar-refractivity contribution in [2.75, 3.05) is 12.4 Å². The Hall–Kier alpha value is -1.83. The van der Waals surface area contributed by atoms with Crippen molar-refractivity contribution in [3.63, 3.8) is 0 Å². The van der Waals surface area contributed by atoms with Crippen LogP contribution >= 0.6 is 22.6 Å². The van der Waals surface area contributed by atoms with E-state index in [2.05, 4.69) is 38.0 Å². The van der Waals surface area contributed by atoms with E-state index < -0.39 is 0 Å². The van der Waals surface area contributed by atoms with Crippen LogP contribution in [-0.4, -0.2) is 21.9 Å². The highest BCUT2D eigenvalue weighted by Crippen LogP contribution is 2.26. The number of aryl methyl sites for hydroxylation is 1. The van der Waals surface area contributed by atoms with Gasteiger partial charge in [0.2, 0.25) is 0 Å². The molecule has 0 amide bonds. The maximum absolute atomic E-state index is 5.16. The molecule has 0 atom stereocenters. The smallest absolute Gasteiger partial charge is 0.138 e. The standard InChI is InChI=1S/C15H15IN4O/c1-20-12-7-8-17-15(13(12)14(16)19-20)18-9-10-3-5-11(21-2)6-4-10/h3-8H,9H2,1-2H3,(H,17,18). The number of fused-ring (bicyclic) bond motifs is 1. The summed E-state index contributed by atoms with van der Waals surface area (Å²) in [5.74, 6) is 1.72. The van der Waals surface area contributed by atoms with Crippen LogP contribution in [0.25, 0.3) is 10.9 Å². The van der Waals surface area contributed by atoms with Crippen LogP contribution in [0.15, 0.2) is 36.5 Å².